The number of aryl methyl sites for hydroxylation is 2. The number of ether oxygens (including phenoxy) is 3. The summed E-state index contributed by atoms with van der Waals surface area (Å²) in [5.74, 6) is -2.94. The van der Waals surface area contributed by atoms with Crippen molar-refractivity contribution in [2.45, 2.75) is 86.0 Å². The van der Waals surface area contributed by atoms with Crippen molar-refractivity contribution in [1.82, 2.24) is 14.9 Å². The summed E-state index contributed by atoms with van der Waals surface area (Å²) < 4.78 is 32.7. The Balaban J connectivity index is 1.60. The monoisotopic (exact) mass is 666 g/mol. The van der Waals surface area contributed by atoms with Gasteiger partial charge in [-0.2, -0.15) is 0 Å². The van der Waals surface area contributed by atoms with Crippen molar-refractivity contribution in [3.8, 4) is 0 Å². The van der Waals surface area contributed by atoms with Crippen LogP contribution in [0.4, 0.5) is 10.1 Å². The molecule has 2 aromatic carbocycles. The van der Waals surface area contributed by atoms with E-state index in [9.17, 15) is 24.0 Å². The first-order valence-electron chi connectivity index (χ1n) is 16.0. The number of fused-ring (bicyclic) bond motifs is 2. The lowest BCUT2D eigenvalue weighted by Gasteiger charge is -2.28. The van der Waals surface area contributed by atoms with Gasteiger partial charge in [-0.25, -0.2) is 14.2 Å². The van der Waals surface area contributed by atoms with Gasteiger partial charge >= 0.3 is 17.9 Å². The molecule has 1 aromatic heterocycles. The number of carbonyl (C=O) groups excluding carboxylic acids is 4. The fraction of sp³-hybridized carbons (Fsp3) is 0.486. The van der Waals surface area contributed by atoms with E-state index in [0.29, 0.717) is 29.6 Å². The normalized spacial score (nSPS) is 14.6. The van der Waals surface area contributed by atoms with E-state index in [0.717, 1.165) is 11.1 Å². The van der Waals surface area contributed by atoms with Crippen LogP contribution >= 0.6 is 0 Å². The number of anilines is 1. The molecule has 258 valence electrons. The van der Waals surface area contributed by atoms with Crippen LogP contribution in [0.1, 0.15) is 87.2 Å². The fourth-order valence-corrected chi connectivity index (χ4v) is 5.67. The second kappa shape index (κ2) is 15.0. The molecule has 12 nitrogen and oxygen atoms in total. The van der Waals surface area contributed by atoms with Gasteiger partial charge in [0.15, 0.2) is 12.5 Å². The molecule has 1 unspecified atom stereocenters. The molecule has 1 aliphatic carbocycles. The number of hydrogen-bond donors (Lipinski definition) is 1. The molecule has 1 heterocycles. The lowest BCUT2D eigenvalue weighted by molar-refractivity contribution is -0.157. The number of nitrogens with zero attached hydrogens (tertiary/aromatic N) is 3. The van der Waals surface area contributed by atoms with Gasteiger partial charge < -0.3 is 24.4 Å². The number of nitrogens with one attached hydrogen (secondary N) is 1. The number of amides is 1. The third-order valence-electron chi connectivity index (χ3n) is 8.28. The predicted octanol–water partition coefficient (Wildman–Crippen LogP) is 4.52. The van der Waals surface area contributed by atoms with Crippen molar-refractivity contribution in [3.05, 3.63) is 69.0 Å². The van der Waals surface area contributed by atoms with E-state index in [4.69, 9.17) is 14.2 Å². The zero-order chi connectivity index (χ0) is 35.3. The lowest BCUT2D eigenvalue weighted by Crippen LogP contribution is -2.42. The lowest BCUT2D eigenvalue weighted by atomic mass is 9.98. The van der Waals surface area contributed by atoms with Crippen molar-refractivity contribution in [1.29, 1.82) is 0 Å². The van der Waals surface area contributed by atoms with Crippen LogP contribution in [0, 0.1) is 18.2 Å². The molecular weight excluding hydrogens is 623 g/mol. The van der Waals surface area contributed by atoms with Crippen molar-refractivity contribution in [2.24, 2.45) is 5.41 Å². The second-order valence-electron chi connectivity index (χ2n) is 12.7. The molecule has 0 aliphatic heterocycles. The van der Waals surface area contributed by atoms with E-state index in [-0.39, 0.29) is 55.6 Å². The van der Waals surface area contributed by atoms with Crippen LogP contribution in [0.25, 0.3) is 10.9 Å². The Bertz CT molecular complexity index is 1780. The number of hydrogen-bond acceptors (Lipinski definition) is 10. The smallest absolute Gasteiger partial charge is 0.328 e. The molecule has 0 fully saturated rings. The quantitative estimate of drug-likeness (QED) is 0.216. The molecular formula is C35H43FN4O8. The molecule has 0 spiro atoms. The molecule has 0 bridgehead atoms. The van der Waals surface area contributed by atoms with Crippen LogP contribution in [0.5, 0.6) is 0 Å². The van der Waals surface area contributed by atoms with Gasteiger partial charge in [0, 0.05) is 13.5 Å². The maximum Gasteiger partial charge on any atom is 0.328 e. The van der Waals surface area contributed by atoms with Crippen molar-refractivity contribution in [2.75, 3.05) is 25.2 Å². The van der Waals surface area contributed by atoms with E-state index in [1.165, 1.54) is 10.6 Å². The Morgan fingerprint density at radius 2 is 1.81 bits per heavy atom. The molecule has 2 atom stereocenters. The maximum absolute atomic E-state index is 16.1. The molecule has 48 heavy (non-hydrogen) atoms. The van der Waals surface area contributed by atoms with E-state index in [2.05, 4.69) is 10.3 Å². The maximum atomic E-state index is 16.1. The number of esters is 3. The second-order valence-corrected chi connectivity index (χ2v) is 12.7. The van der Waals surface area contributed by atoms with Crippen LogP contribution < -0.4 is 15.8 Å². The van der Waals surface area contributed by atoms with Crippen molar-refractivity contribution < 1.29 is 37.8 Å². The predicted molar refractivity (Wildman–Crippen MR) is 176 cm³/mol. The van der Waals surface area contributed by atoms with Gasteiger partial charge in [-0.1, -0.05) is 6.07 Å². The molecule has 13 heteroatoms. The summed E-state index contributed by atoms with van der Waals surface area (Å²) in [5, 5.41) is 2.85. The highest BCUT2D eigenvalue weighted by Crippen LogP contribution is 2.40. The molecule has 1 N–H and O–H groups in total. The SMILES string of the molecule is CCOC(=O)CC[C@H](NC(=O)c1cccc(N(C)C2CCc3cc4nc(C)n(COC(=O)C(C)(C)C)c(=O)c4cc32)c1F)C(=O)OCC. The summed E-state index contributed by atoms with van der Waals surface area (Å²) in [6.45, 7) is 10.1. The summed E-state index contributed by atoms with van der Waals surface area (Å²) in [7, 11) is 1.71. The first-order chi connectivity index (χ1) is 22.7. The topological polar surface area (TPSA) is 146 Å². The summed E-state index contributed by atoms with van der Waals surface area (Å²) >= 11 is 0. The minimum atomic E-state index is -1.18. The number of rotatable bonds is 12. The minimum absolute atomic E-state index is 0.0611. The Hall–Kier alpha value is -4.81. The highest BCUT2D eigenvalue weighted by atomic mass is 19.1. The van der Waals surface area contributed by atoms with Crippen molar-refractivity contribution in [3.63, 3.8) is 0 Å². The van der Waals surface area contributed by atoms with E-state index in [1.807, 2.05) is 6.07 Å². The largest absolute Gasteiger partial charge is 0.466 e. The molecule has 1 amide bonds. The Morgan fingerprint density at radius 1 is 1.10 bits per heavy atom. The standard InChI is InChI=1S/C35H43FN4O8/c1-8-46-29(41)16-14-25(33(44)47-9-2)38-31(42)22-11-10-12-28(30(22)36)39(7)27-15-13-21-17-26-24(18-23(21)27)32(43)40(20(3)37-26)19-48-34(45)35(4,5)6/h10-12,17-18,25,27H,8-9,13-16,19H2,1-7H3,(H,38,42)/t25-,27?/m0/s1. The van der Waals surface area contributed by atoms with Crippen LogP contribution in [-0.4, -0.2) is 59.7 Å². The zero-order valence-electron chi connectivity index (χ0n) is 28.5. The third kappa shape index (κ3) is 7.83. The zero-order valence-corrected chi connectivity index (χ0v) is 28.5. The molecule has 3 aromatic rings. The van der Waals surface area contributed by atoms with E-state index < -0.39 is 41.1 Å². The molecule has 0 radical (unpaired) electrons. The summed E-state index contributed by atoms with van der Waals surface area (Å²) in [6, 6.07) is 6.52. The highest BCUT2D eigenvalue weighted by Gasteiger charge is 2.31. The van der Waals surface area contributed by atoms with Crippen LogP contribution in [-0.2, 0) is 41.7 Å². The molecule has 0 saturated heterocycles. The number of benzene rings is 2. The Labute approximate surface area is 278 Å². The average Bonchev–Trinajstić information content (AvgIpc) is 3.44. The summed E-state index contributed by atoms with van der Waals surface area (Å²) in [6.07, 6.45) is 1.07. The number of halogens is 1. The molecule has 4 rings (SSSR count). The highest BCUT2D eigenvalue weighted by molar-refractivity contribution is 5.98. The van der Waals surface area contributed by atoms with Gasteiger partial charge in [-0.15, -0.1) is 0 Å². The van der Waals surface area contributed by atoms with Gasteiger partial charge in [0.25, 0.3) is 11.5 Å². The molecule has 0 saturated carbocycles. The van der Waals surface area contributed by atoms with Crippen molar-refractivity contribution >= 4 is 40.4 Å². The number of carbonyl (C=O) groups is 4. The van der Waals surface area contributed by atoms with Crippen LogP contribution in [0.3, 0.4) is 0 Å². The van der Waals surface area contributed by atoms with Gasteiger partial charge in [0.1, 0.15) is 11.9 Å². The summed E-state index contributed by atoms with van der Waals surface area (Å²) in [5.41, 5.74) is 1.07. The first kappa shape index (κ1) is 36.0. The fourth-order valence-electron chi connectivity index (χ4n) is 5.67. The van der Waals surface area contributed by atoms with E-state index in [1.54, 1.807) is 71.7 Å². The van der Waals surface area contributed by atoms with Gasteiger partial charge in [-0.3, -0.25) is 23.7 Å². The van der Waals surface area contributed by atoms with Gasteiger partial charge in [0.05, 0.1) is 46.8 Å². The Morgan fingerprint density at radius 3 is 2.48 bits per heavy atom. The van der Waals surface area contributed by atoms with Gasteiger partial charge in [-0.05, 0) is 96.2 Å². The minimum Gasteiger partial charge on any atom is -0.466 e. The third-order valence-corrected chi connectivity index (χ3v) is 8.28. The molecule has 1 aliphatic rings. The van der Waals surface area contributed by atoms with E-state index >= 15 is 4.39 Å². The average molecular weight is 667 g/mol. The van der Waals surface area contributed by atoms with Crippen LogP contribution in [0.2, 0.25) is 0 Å². The first-order valence-corrected chi connectivity index (χ1v) is 16.0. The van der Waals surface area contributed by atoms with Gasteiger partial charge in [0.2, 0.25) is 0 Å². The Kier molecular flexibility index (Phi) is 11.2. The number of aromatic nitrogens is 2. The summed E-state index contributed by atoms with van der Waals surface area (Å²) in [4.78, 5) is 70.0. The van der Waals surface area contributed by atoms with Crippen LogP contribution in [0.15, 0.2) is 35.1 Å².